The number of nitrogens with one attached hydrogen (secondary N) is 1. The topological polar surface area (TPSA) is 81.7 Å². The molecule has 1 aromatic heterocycles. The molecule has 0 aliphatic carbocycles. The number of hydrogen-bond acceptors (Lipinski definition) is 4. The van der Waals surface area contributed by atoms with E-state index in [2.05, 4.69) is 15.4 Å². The van der Waals surface area contributed by atoms with Gasteiger partial charge in [0, 0.05) is 0 Å². The number of aromatic carboxylic acids is 1. The molecule has 0 saturated heterocycles. The van der Waals surface area contributed by atoms with E-state index in [0.29, 0.717) is 0 Å². The summed E-state index contributed by atoms with van der Waals surface area (Å²) in [4.78, 5) is 9.83. The van der Waals surface area contributed by atoms with Crippen molar-refractivity contribution in [1.82, 2.24) is 15.4 Å². The van der Waals surface area contributed by atoms with Crippen LogP contribution >= 0.6 is 0 Å². The zero-order valence-corrected chi connectivity index (χ0v) is 6.79. The molecule has 0 aliphatic heterocycles. The van der Waals surface area contributed by atoms with Crippen molar-refractivity contribution in [1.29, 1.82) is 0 Å². The molecule has 1 aromatic rings. The summed E-state index contributed by atoms with van der Waals surface area (Å²) in [7, 11) is 0. The number of aromatic amines is 1. The summed E-state index contributed by atoms with van der Waals surface area (Å²) in [6.07, 6.45) is 1.08. The van der Waals surface area contributed by atoms with E-state index in [9.17, 15) is 9.90 Å². The minimum Gasteiger partial charge on any atom is -0.543 e. The average Bonchev–Trinajstić information content (AvgIpc) is 2.12. The predicted molar refractivity (Wildman–Crippen MR) is 20.7 cm³/mol. The molecule has 1 N–H and O–H groups in total. The van der Waals surface area contributed by atoms with Crippen molar-refractivity contribution in [2.75, 3.05) is 0 Å². The number of carboxylic acid groups (broad SMARTS) is 1. The minimum atomic E-state index is -1.32. The Morgan fingerprint density at radius 3 is 2.67 bits per heavy atom. The molecular formula is C3H2N3NaO2. The first kappa shape index (κ1) is 8.61. The van der Waals surface area contributed by atoms with Crippen LogP contribution < -0.4 is 34.7 Å². The van der Waals surface area contributed by atoms with Crippen molar-refractivity contribution < 1.29 is 39.5 Å². The Bertz CT molecular complexity index is 185. The third-order valence-corrected chi connectivity index (χ3v) is 0.624. The Kier molecular flexibility index (Phi) is 3.44. The van der Waals surface area contributed by atoms with E-state index in [1.165, 1.54) is 0 Å². The second-order valence-electron chi connectivity index (χ2n) is 1.14. The number of carbonyl (C=O) groups is 1. The largest absolute Gasteiger partial charge is 1.00 e. The maximum absolute atomic E-state index is 9.83. The Labute approximate surface area is 72.8 Å². The van der Waals surface area contributed by atoms with E-state index in [1.54, 1.807) is 0 Å². The standard InChI is InChI=1S/C3H3N3O2.Na/c7-3(8)2-1-4-6-5-2;/h1H,(H,7,8)(H,4,5,6);/q;+1/p-1. The molecule has 42 valence electrons. The molecule has 0 fully saturated rings. The molecule has 0 amide bonds. The van der Waals surface area contributed by atoms with Gasteiger partial charge in [-0.05, 0) is 0 Å². The van der Waals surface area contributed by atoms with Crippen molar-refractivity contribution in [2.24, 2.45) is 0 Å². The first-order valence-electron chi connectivity index (χ1n) is 1.88. The zero-order chi connectivity index (χ0) is 5.98. The van der Waals surface area contributed by atoms with Crippen LogP contribution in [-0.4, -0.2) is 21.4 Å². The molecule has 0 bridgehead atoms. The van der Waals surface area contributed by atoms with Gasteiger partial charge in [0.05, 0.1) is 12.2 Å². The number of carboxylic acids is 1. The smallest absolute Gasteiger partial charge is 0.543 e. The molecule has 0 saturated carbocycles. The van der Waals surface area contributed by atoms with Crippen molar-refractivity contribution >= 4 is 5.97 Å². The van der Waals surface area contributed by atoms with Crippen LogP contribution in [-0.2, 0) is 0 Å². The van der Waals surface area contributed by atoms with Gasteiger partial charge in [0.1, 0.15) is 5.69 Å². The SMILES string of the molecule is O=C([O-])c1cn[nH]n1.[Na+]. The molecule has 1 rings (SSSR count). The summed E-state index contributed by atoms with van der Waals surface area (Å²) in [5.74, 6) is -1.32. The fourth-order valence-electron chi connectivity index (χ4n) is 0.300. The van der Waals surface area contributed by atoms with Crippen LogP contribution in [0, 0.1) is 0 Å². The van der Waals surface area contributed by atoms with Gasteiger partial charge < -0.3 is 9.90 Å². The molecule has 0 spiro atoms. The zero-order valence-electron chi connectivity index (χ0n) is 4.79. The summed E-state index contributed by atoms with van der Waals surface area (Å²) in [6, 6.07) is 0. The van der Waals surface area contributed by atoms with Crippen LogP contribution in [0.3, 0.4) is 0 Å². The van der Waals surface area contributed by atoms with E-state index >= 15 is 0 Å². The molecule has 0 atom stereocenters. The first-order valence-corrected chi connectivity index (χ1v) is 1.88. The fraction of sp³-hybridized carbons (Fsp3) is 0. The van der Waals surface area contributed by atoms with E-state index in [-0.39, 0.29) is 35.3 Å². The molecule has 0 aromatic carbocycles. The van der Waals surface area contributed by atoms with Gasteiger partial charge in [-0.15, -0.1) is 0 Å². The molecule has 1 heterocycles. The average molecular weight is 135 g/mol. The second-order valence-corrected chi connectivity index (χ2v) is 1.14. The van der Waals surface area contributed by atoms with Crippen LogP contribution in [0.5, 0.6) is 0 Å². The molecule has 9 heavy (non-hydrogen) atoms. The minimum absolute atomic E-state index is 0. The van der Waals surface area contributed by atoms with Gasteiger partial charge in [-0.1, -0.05) is 0 Å². The van der Waals surface area contributed by atoms with E-state index in [0.717, 1.165) is 6.20 Å². The molecular weight excluding hydrogens is 133 g/mol. The molecule has 5 nitrogen and oxygen atoms in total. The Morgan fingerprint density at radius 1 is 1.78 bits per heavy atom. The van der Waals surface area contributed by atoms with E-state index in [1.807, 2.05) is 0 Å². The third kappa shape index (κ3) is 2.13. The van der Waals surface area contributed by atoms with Crippen molar-refractivity contribution in [3.8, 4) is 0 Å². The van der Waals surface area contributed by atoms with Crippen molar-refractivity contribution in [3.05, 3.63) is 11.9 Å². The monoisotopic (exact) mass is 135 g/mol. The number of carbonyl (C=O) groups excluding carboxylic acids is 1. The van der Waals surface area contributed by atoms with Gasteiger partial charge in [-0.2, -0.15) is 15.4 Å². The van der Waals surface area contributed by atoms with Crippen molar-refractivity contribution in [2.45, 2.75) is 0 Å². The third-order valence-electron chi connectivity index (χ3n) is 0.624. The quantitative estimate of drug-likeness (QED) is 0.391. The van der Waals surface area contributed by atoms with Crippen LogP contribution in [0.15, 0.2) is 6.20 Å². The van der Waals surface area contributed by atoms with Crippen LogP contribution in [0.4, 0.5) is 0 Å². The Morgan fingerprint density at radius 2 is 2.44 bits per heavy atom. The van der Waals surface area contributed by atoms with Gasteiger partial charge in [-0.25, -0.2) is 0 Å². The van der Waals surface area contributed by atoms with Gasteiger partial charge in [0.25, 0.3) is 0 Å². The molecule has 0 radical (unpaired) electrons. The fourth-order valence-corrected chi connectivity index (χ4v) is 0.300. The summed E-state index contributed by atoms with van der Waals surface area (Å²) in [6.45, 7) is 0. The van der Waals surface area contributed by atoms with Crippen LogP contribution in [0.1, 0.15) is 10.5 Å². The van der Waals surface area contributed by atoms with Gasteiger partial charge >= 0.3 is 29.6 Å². The summed E-state index contributed by atoms with van der Waals surface area (Å²) >= 11 is 0. The summed E-state index contributed by atoms with van der Waals surface area (Å²) in [5.41, 5.74) is -0.176. The Balaban J connectivity index is 0.000000640. The van der Waals surface area contributed by atoms with E-state index in [4.69, 9.17) is 0 Å². The number of hydrogen-bond donors (Lipinski definition) is 1. The number of nitrogens with zero attached hydrogens (tertiary/aromatic N) is 2. The predicted octanol–water partition coefficient (Wildman–Crippen LogP) is -4.83. The van der Waals surface area contributed by atoms with Crippen LogP contribution in [0.25, 0.3) is 0 Å². The van der Waals surface area contributed by atoms with Crippen LogP contribution in [0.2, 0.25) is 0 Å². The molecule has 0 aliphatic rings. The van der Waals surface area contributed by atoms with Crippen molar-refractivity contribution in [3.63, 3.8) is 0 Å². The van der Waals surface area contributed by atoms with E-state index < -0.39 is 5.97 Å². The first-order chi connectivity index (χ1) is 3.80. The number of H-pyrrole nitrogens is 1. The molecule has 6 heteroatoms. The second kappa shape index (κ2) is 3.60. The molecule has 0 unspecified atom stereocenters. The number of aromatic nitrogens is 3. The summed E-state index contributed by atoms with van der Waals surface area (Å²) in [5, 5.41) is 18.4. The maximum atomic E-state index is 9.83. The summed E-state index contributed by atoms with van der Waals surface area (Å²) < 4.78 is 0. The maximum Gasteiger partial charge on any atom is 1.00 e. The van der Waals surface area contributed by atoms with Gasteiger partial charge in [0.2, 0.25) is 0 Å². The Hall–Kier alpha value is -0.390. The van der Waals surface area contributed by atoms with Gasteiger partial charge in [0.15, 0.2) is 0 Å². The van der Waals surface area contributed by atoms with Gasteiger partial charge in [-0.3, -0.25) is 0 Å². The number of rotatable bonds is 1. The normalized spacial score (nSPS) is 8.00.